The molecule has 2 aromatic rings. The lowest BCUT2D eigenvalue weighted by atomic mass is 10.1. The van der Waals surface area contributed by atoms with Gasteiger partial charge >= 0.3 is 0 Å². The van der Waals surface area contributed by atoms with Crippen molar-refractivity contribution in [1.29, 1.82) is 0 Å². The molecule has 0 fully saturated rings. The average molecular weight is 378 g/mol. The van der Waals surface area contributed by atoms with Gasteiger partial charge in [-0.25, -0.2) is 12.8 Å². The third-order valence-electron chi connectivity index (χ3n) is 4.02. The van der Waals surface area contributed by atoms with Gasteiger partial charge in [-0.2, -0.15) is 4.72 Å². The first kappa shape index (κ1) is 20.1. The van der Waals surface area contributed by atoms with Crippen molar-refractivity contribution in [3.05, 3.63) is 66.0 Å². The van der Waals surface area contributed by atoms with E-state index in [9.17, 15) is 17.6 Å². The van der Waals surface area contributed by atoms with Gasteiger partial charge in [-0.3, -0.25) is 4.79 Å². The number of amides is 1. The molecule has 0 bridgehead atoms. The first-order chi connectivity index (χ1) is 12.3. The molecule has 140 valence electrons. The van der Waals surface area contributed by atoms with E-state index in [1.165, 1.54) is 12.1 Å². The van der Waals surface area contributed by atoms with Crippen molar-refractivity contribution in [2.24, 2.45) is 0 Å². The highest BCUT2D eigenvalue weighted by Gasteiger charge is 2.26. The van der Waals surface area contributed by atoms with Crippen molar-refractivity contribution >= 4 is 15.9 Å². The second-order valence-electron chi connectivity index (χ2n) is 6.14. The molecule has 2 aromatic carbocycles. The number of benzene rings is 2. The number of hydrogen-bond acceptors (Lipinski definition) is 3. The summed E-state index contributed by atoms with van der Waals surface area (Å²) in [5, 5.41) is 2.81. The number of sulfonamides is 1. The quantitative estimate of drug-likeness (QED) is 0.741. The zero-order valence-electron chi connectivity index (χ0n) is 14.8. The SMILES string of the molecule is CC[C@@H](C)NC(=O)[C@@H](Cc1ccccc1)NS(=O)(=O)c1ccc(F)cc1. The molecular formula is C19H23FN2O3S. The van der Waals surface area contributed by atoms with Gasteiger partial charge in [0.25, 0.3) is 0 Å². The van der Waals surface area contributed by atoms with Crippen molar-refractivity contribution in [3.8, 4) is 0 Å². The molecule has 0 aliphatic rings. The van der Waals surface area contributed by atoms with Crippen LogP contribution >= 0.6 is 0 Å². The lowest BCUT2D eigenvalue weighted by Crippen LogP contribution is -2.50. The summed E-state index contributed by atoms with van der Waals surface area (Å²) < 4.78 is 40.7. The van der Waals surface area contributed by atoms with E-state index in [0.717, 1.165) is 24.1 Å². The van der Waals surface area contributed by atoms with Crippen molar-refractivity contribution in [1.82, 2.24) is 10.0 Å². The maximum Gasteiger partial charge on any atom is 0.241 e. The van der Waals surface area contributed by atoms with Crippen molar-refractivity contribution in [3.63, 3.8) is 0 Å². The third-order valence-corrected chi connectivity index (χ3v) is 5.51. The van der Waals surface area contributed by atoms with Gasteiger partial charge in [-0.15, -0.1) is 0 Å². The van der Waals surface area contributed by atoms with E-state index >= 15 is 0 Å². The standard InChI is InChI=1S/C19H23FN2O3S/c1-3-14(2)21-19(23)18(13-15-7-5-4-6-8-15)22-26(24,25)17-11-9-16(20)10-12-17/h4-12,14,18,22H,3,13H2,1-2H3,(H,21,23)/t14-,18-/m1/s1. The summed E-state index contributed by atoms with van der Waals surface area (Å²) in [6.07, 6.45) is 0.943. The third kappa shape index (κ3) is 5.64. The van der Waals surface area contributed by atoms with Crippen LogP contribution in [-0.2, 0) is 21.2 Å². The van der Waals surface area contributed by atoms with Gasteiger partial charge in [-0.05, 0) is 49.6 Å². The van der Waals surface area contributed by atoms with Crippen LogP contribution in [-0.4, -0.2) is 26.4 Å². The Labute approximate surface area is 153 Å². The monoisotopic (exact) mass is 378 g/mol. The van der Waals surface area contributed by atoms with Gasteiger partial charge in [0.05, 0.1) is 4.90 Å². The minimum atomic E-state index is -3.96. The van der Waals surface area contributed by atoms with Gasteiger partial charge in [0.1, 0.15) is 11.9 Å². The summed E-state index contributed by atoms with van der Waals surface area (Å²) in [5.74, 6) is -0.923. The van der Waals surface area contributed by atoms with Gasteiger partial charge < -0.3 is 5.32 Å². The molecule has 7 heteroatoms. The molecule has 0 saturated carbocycles. The fraction of sp³-hybridized carbons (Fsp3) is 0.316. The molecule has 2 atom stereocenters. The largest absolute Gasteiger partial charge is 0.352 e. The maximum absolute atomic E-state index is 13.1. The average Bonchev–Trinajstić information content (AvgIpc) is 2.62. The summed E-state index contributed by atoms with van der Waals surface area (Å²) in [6.45, 7) is 3.78. The van der Waals surface area contributed by atoms with E-state index in [-0.39, 0.29) is 17.4 Å². The van der Waals surface area contributed by atoms with Gasteiger partial charge in [0.15, 0.2) is 0 Å². The topological polar surface area (TPSA) is 75.3 Å². The van der Waals surface area contributed by atoms with Crippen LogP contribution in [0.25, 0.3) is 0 Å². The van der Waals surface area contributed by atoms with Crippen LogP contribution in [0.2, 0.25) is 0 Å². The molecule has 5 nitrogen and oxygen atoms in total. The summed E-state index contributed by atoms with van der Waals surface area (Å²) in [4.78, 5) is 12.5. The normalized spacial score (nSPS) is 13.8. The van der Waals surface area contributed by atoms with E-state index in [4.69, 9.17) is 0 Å². The molecule has 0 aliphatic carbocycles. The van der Waals surface area contributed by atoms with Crippen LogP contribution in [0.4, 0.5) is 4.39 Å². The molecule has 0 unspecified atom stereocenters. The van der Waals surface area contributed by atoms with E-state index < -0.39 is 27.8 Å². The fourth-order valence-electron chi connectivity index (χ4n) is 2.35. The number of rotatable bonds is 8. The highest BCUT2D eigenvalue weighted by molar-refractivity contribution is 7.89. The highest BCUT2D eigenvalue weighted by atomic mass is 32.2. The molecule has 26 heavy (non-hydrogen) atoms. The summed E-state index contributed by atoms with van der Waals surface area (Å²) >= 11 is 0. The van der Waals surface area contributed by atoms with E-state index in [1.54, 1.807) is 0 Å². The van der Waals surface area contributed by atoms with Gasteiger partial charge in [-0.1, -0.05) is 37.3 Å². The van der Waals surface area contributed by atoms with Crippen LogP contribution in [0, 0.1) is 5.82 Å². The minimum absolute atomic E-state index is 0.0731. The van der Waals surface area contributed by atoms with Crippen molar-refractivity contribution in [2.45, 2.75) is 43.7 Å². The first-order valence-corrected chi connectivity index (χ1v) is 9.92. The molecular weight excluding hydrogens is 355 g/mol. The molecule has 2 N–H and O–H groups in total. The van der Waals surface area contributed by atoms with Crippen molar-refractivity contribution < 1.29 is 17.6 Å². The Morgan fingerprint density at radius 1 is 1.08 bits per heavy atom. The van der Waals surface area contributed by atoms with Crippen molar-refractivity contribution in [2.75, 3.05) is 0 Å². The molecule has 0 heterocycles. The van der Waals surface area contributed by atoms with Crippen LogP contribution in [0.5, 0.6) is 0 Å². The molecule has 2 rings (SSSR count). The van der Waals surface area contributed by atoms with Crippen LogP contribution < -0.4 is 10.0 Å². The number of nitrogens with one attached hydrogen (secondary N) is 2. The van der Waals surface area contributed by atoms with Gasteiger partial charge in [0, 0.05) is 6.04 Å². The van der Waals surface area contributed by atoms with E-state index in [1.807, 2.05) is 44.2 Å². The Morgan fingerprint density at radius 3 is 2.27 bits per heavy atom. The van der Waals surface area contributed by atoms with E-state index in [0.29, 0.717) is 0 Å². The van der Waals surface area contributed by atoms with E-state index in [2.05, 4.69) is 10.0 Å². The fourth-order valence-corrected chi connectivity index (χ4v) is 3.55. The highest BCUT2D eigenvalue weighted by Crippen LogP contribution is 2.12. The summed E-state index contributed by atoms with van der Waals surface area (Å²) in [7, 11) is -3.96. The summed E-state index contributed by atoms with van der Waals surface area (Å²) in [6, 6.07) is 12.6. The predicted molar refractivity (Wildman–Crippen MR) is 98.6 cm³/mol. The Morgan fingerprint density at radius 2 is 1.69 bits per heavy atom. The molecule has 0 aromatic heterocycles. The number of carbonyl (C=O) groups is 1. The Balaban J connectivity index is 2.24. The maximum atomic E-state index is 13.1. The molecule has 0 aliphatic heterocycles. The molecule has 0 spiro atoms. The smallest absolute Gasteiger partial charge is 0.241 e. The van der Waals surface area contributed by atoms with Crippen LogP contribution in [0.3, 0.4) is 0 Å². The van der Waals surface area contributed by atoms with Crippen LogP contribution in [0.15, 0.2) is 59.5 Å². The Bertz CT molecular complexity index is 824. The minimum Gasteiger partial charge on any atom is -0.352 e. The number of hydrogen-bond donors (Lipinski definition) is 2. The molecule has 0 saturated heterocycles. The van der Waals surface area contributed by atoms with Crippen LogP contribution in [0.1, 0.15) is 25.8 Å². The lowest BCUT2D eigenvalue weighted by Gasteiger charge is -2.21. The first-order valence-electron chi connectivity index (χ1n) is 8.44. The predicted octanol–water partition coefficient (Wildman–Crippen LogP) is 2.63. The zero-order valence-corrected chi connectivity index (χ0v) is 15.6. The molecule has 1 amide bonds. The van der Waals surface area contributed by atoms with Gasteiger partial charge in [0.2, 0.25) is 15.9 Å². The summed E-state index contributed by atoms with van der Waals surface area (Å²) in [5.41, 5.74) is 0.832. The second kappa shape index (κ2) is 8.91. The second-order valence-corrected chi connectivity index (χ2v) is 7.85. The Hall–Kier alpha value is -2.25. The molecule has 0 radical (unpaired) electrons. The lowest BCUT2D eigenvalue weighted by molar-refractivity contribution is -0.123. The Kier molecular flexibility index (Phi) is 6.88. The zero-order chi connectivity index (χ0) is 19.2. The number of halogens is 1. The number of carbonyl (C=O) groups excluding carboxylic acids is 1.